The Morgan fingerprint density at radius 3 is 2.38 bits per heavy atom. The van der Waals surface area contributed by atoms with Crippen LogP contribution in [0.15, 0.2) is 77.0 Å². The van der Waals surface area contributed by atoms with Gasteiger partial charge in [0.25, 0.3) is 5.91 Å². The summed E-state index contributed by atoms with van der Waals surface area (Å²) >= 11 is 1.34. The SMILES string of the molecule is COc1cc(C=NNC(=O)CSc2nc3ccccc3n2Cc2ccccc2)cc(OC)c1OC(C)=O. The van der Waals surface area contributed by atoms with Crippen LogP contribution in [0.4, 0.5) is 0 Å². The van der Waals surface area contributed by atoms with E-state index in [1.165, 1.54) is 39.1 Å². The third kappa shape index (κ3) is 6.47. The Labute approximate surface area is 218 Å². The molecular weight excluding hydrogens is 492 g/mol. The van der Waals surface area contributed by atoms with Crippen LogP contribution in [0.1, 0.15) is 18.1 Å². The molecule has 0 radical (unpaired) electrons. The molecule has 0 saturated carbocycles. The van der Waals surface area contributed by atoms with Crippen LogP contribution in [-0.2, 0) is 16.1 Å². The van der Waals surface area contributed by atoms with Crippen molar-refractivity contribution in [3.8, 4) is 17.2 Å². The smallest absolute Gasteiger partial charge is 0.308 e. The average Bonchev–Trinajstić information content (AvgIpc) is 3.25. The lowest BCUT2D eigenvalue weighted by Crippen LogP contribution is -2.20. The second-order valence-corrected chi connectivity index (χ2v) is 8.83. The summed E-state index contributed by atoms with van der Waals surface area (Å²) in [5.74, 6) is 0.127. The Morgan fingerprint density at radius 1 is 1.03 bits per heavy atom. The molecule has 0 unspecified atom stereocenters. The van der Waals surface area contributed by atoms with Gasteiger partial charge in [0.1, 0.15) is 0 Å². The molecule has 1 aromatic heterocycles. The van der Waals surface area contributed by atoms with Gasteiger partial charge < -0.3 is 18.8 Å². The van der Waals surface area contributed by atoms with Gasteiger partial charge in [-0.1, -0.05) is 54.2 Å². The van der Waals surface area contributed by atoms with Gasteiger partial charge >= 0.3 is 5.97 Å². The normalized spacial score (nSPS) is 11.0. The molecular formula is C27H26N4O5S. The highest BCUT2D eigenvalue weighted by Gasteiger charge is 2.16. The monoisotopic (exact) mass is 518 g/mol. The molecule has 0 saturated heterocycles. The number of aromatic nitrogens is 2. The van der Waals surface area contributed by atoms with E-state index in [0.29, 0.717) is 23.6 Å². The molecule has 0 aliphatic carbocycles. The topological polar surface area (TPSA) is 104 Å². The number of esters is 1. The molecule has 0 bridgehead atoms. The maximum Gasteiger partial charge on any atom is 0.308 e. The van der Waals surface area contributed by atoms with Crippen molar-refractivity contribution in [3.05, 3.63) is 77.9 Å². The lowest BCUT2D eigenvalue weighted by molar-refractivity contribution is -0.132. The van der Waals surface area contributed by atoms with E-state index in [4.69, 9.17) is 19.2 Å². The molecule has 190 valence electrons. The molecule has 0 atom stereocenters. The summed E-state index contributed by atoms with van der Waals surface area (Å²) in [5.41, 5.74) is 6.14. The van der Waals surface area contributed by atoms with Gasteiger partial charge in [-0.15, -0.1) is 0 Å². The highest BCUT2D eigenvalue weighted by molar-refractivity contribution is 7.99. The number of hydrogen-bond acceptors (Lipinski definition) is 8. The van der Waals surface area contributed by atoms with Crippen LogP contribution in [-0.4, -0.2) is 47.6 Å². The molecule has 9 nitrogen and oxygen atoms in total. The van der Waals surface area contributed by atoms with Crippen molar-refractivity contribution in [3.63, 3.8) is 0 Å². The number of fused-ring (bicyclic) bond motifs is 1. The van der Waals surface area contributed by atoms with Crippen LogP contribution < -0.4 is 19.6 Å². The predicted molar refractivity (Wildman–Crippen MR) is 143 cm³/mol. The largest absolute Gasteiger partial charge is 0.493 e. The molecule has 0 aliphatic rings. The summed E-state index contributed by atoms with van der Waals surface area (Å²) in [7, 11) is 2.90. The minimum absolute atomic E-state index is 0.132. The van der Waals surface area contributed by atoms with Gasteiger partial charge in [-0.2, -0.15) is 5.10 Å². The Balaban J connectivity index is 1.43. The van der Waals surface area contributed by atoms with E-state index in [2.05, 4.69) is 27.2 Å². The average molecular weight is 519 g/mol. The number of para-hydroxylation sites is 2. The maximum atomic E-state index is 12.5. The van der Waals surface area contributed by atoms with Crippen molar-refractivity contribution < 1.29 is 23.8 Å². The first-order chi connectivity index (χ1) is 18.0. The molecule has 37 heavy (non-hydrogen) atoms. The highest BCUT2D eigenvalue weighted by atomic mass is 32.2. The van der Waals surface area contributed by atoms with E-state index < -0.39 is 5.97 Å². The molecule has 4 aromatic rings. The Bertz CT molecular complexity index is 1410. The molecule has 4 rings (SSSR count). The van der Waals surface area contributed by atoms with Crippen molar-refractivity contribution in [1.82, 2.24) is 15.0 Å². The van der Waals surface area contributed by atoms with Crippen molar-refractivity contribution in [1.29, 1.82) is 0 Å². The van der Waals surface area contributed by atoms with Crippen molar-refractivity contribution in [2.24, 2.45) is 5.10 Å². The van der Waals surface area contributed by atoms with Crippen LogP contribution in [0, 0.1) is 0 Å². The lowest BCUT2D eigenvalue weighted by atomic mass is 10.2. The van der Waals surface area contributed by atoms with Crippen molar-refractivity contribution in [2.75, 3.05) is 20.0 Å². The van der Waals surface area contributed by atoms with Gasteiger partial charge in [0.15, 0.2) is 16.7 Å². The van der Waals surface area contributed by atoms with Gasteiger partial charge in [0.05, 0.1) is 43.8 Å². The van der Waals surface area contributed by atoms with E-state index in [0.717, 1.165) is 21.8 Å². The number of hydrogen-bond donors (Lipinski definition) is 1. The van der Waals surface area contributed by atoms with E-state index in [9.17, 15) is 9.59 Å². The number of nitrogens with zero attached hydrogens (tertiary/aromatic N) is 3. The fourth-order valence-electron chi connectivity index (χ4n) is 3.64. The van der Waals surface area contributed by atoms with Gasteiger partial charge in [-0.05, 0) is 29.8 Å². The number of amides is 1. The Morgan fingerprint density at radius 2 is 1.70 bits per heavy atom. The summed E-state index contributed by atoms with van der Waals surface area (Å²) in [6, 6.07) is 21.3. The number of hydrazone groups is 1. The number of ether oxygens (including phenoxy) is 3. The first-order valence-corrected chi connectivity index (χ1v) is 12.4. The lowest BCUT2D eigenvalue weighted by Gasteiger charge is -2.13. The number of methoxy groups -OCH3 is 2. The first-order valence-electron chi connectivity index (χ1n) is 11.4. The van der Waals surface area contributed by atoms with Crippen molar-refractivity contribution in [2.45, 2.75) is 18.6 Å². The molecule has 1 amide bonds. The summed E-state index contributed by atoms with van der Waals surface area (Å²) in [6.07, 6.45) is 1.45. The quantitative estimate of drug-likeness (QED) is 0.110. The van der Waals surface area contributed by atoms with Crippen LogP contribution in [0.25, 0.3) is 11.0 Å². The van der Waals surface area contributed by atoms with Crippen LogP contribution in [0.3, 0.4) is 0 Å². The fraction of sp³-hybridized carbons (Fsp3) is 0.185. The van der Waals surface area contributed by atoms with Gasteiger partial charge in [0.2, 0.25) is 5.75 Å². The van der Waals surface area contributed by atoms with Crippen LogP contribution in [0.2, 0.25) is 0 Å². The van der Waals surface area contributed by atoms with Gasteiger partial charge in [0, 0.05) is 12.5 Å². The Hall–Kier alpha value is -4.31. The zero-order valence-electron chi connectivity index (χ0n) is 20.6. The molecule has 1 N–H and O–H groups in total. The molecule has 0 fully saturated rings. The minimum atomic E-state index is -0.500. The van der Waals surface area contributed by atoms with E-state index in [1.807, 2.05) is 42.5 Å². The van der Waals surface area contributed by atoms with Gasteiger partial charge in [-0.25, -0.2) is 10.4 Å². The zero-order chi connectivity index (χ0) is 26.2. The molecule has 0 spiro atoms. The summed E-state index contributed by atoms with van der Waals surface area (Å²) < 4.78 is 17.9. The maximum absolute atomic E-state index is 12.5. The van der Waals surface area contributed by atoms with Crippen molar-refractivity contribution >= 4 is 40.9 Å². The standard InChI is InChI=1S/C27H26N4O5S/c1-18(32)36-26-23(34-2)13-20(14-24(26)35-3)15-28-30-25(33)17-37-27-29-21-11-7-8-12-22(21)31(27)16-19-9-5-4-6-10-19/h4-15H,16-17H2,1-3H3,(H,30,33). The fourth-order valence-corrected chi connectivity index (χ4v) is 4.45. The highest BCUT2D eigenvalue weighted by Crippen LogP contribution is 2.38. The van der Waals surface area contributed by atoms with Gasteiger partial charge in [-0.3, -0.25) is 9.59 Å². The minimum Gasteiger partial charge on any atom is -0.493 e. The van der Waals surface area contributed by atoms with Crippen LogP contribution >= 0.6 is 11.8 Å². The second-order valence-electron chi connectivity index (χ2n) is 7.88. The predicted octanol–water partition coefficient (Wildman–Crippen LogP) is 4.27. The Kier molecular flexibility index (Phi) is 8.42. The number of nitrogens with one attached hydrogen (secondary N) is 1. The molecule has 1 heterocycles. The summed E-state index contributed by atoms with van der Waals surface area (Å²) in [5, 5.41) is 4.79. The number of carbonyl (C=O) groups is 2. The first kappa shape index (κ1) is 25.8. The van der Waals surface area contributed by atoms with E-state index in [1.54, 1.807) is 12.1 Å². The van der Waals surface area contributed by atoms with E-state index >= 15 is 0 Å². The summed E-state index contributed by atoms with van der Waals surface area (Å²) in [6.45, 7) is 1.94. The number of benzene rings is 3. The number of rotatable bonds is 10. The number of imidazole rings is 1. The number of carbonyl (C=O) groups excluding carboxylic acids is 2. The molecule has 3 aromatic carbocycles. The van der Waals surface area contributed by atoms with E-state index in [-0.39, 0.29) is 17.4 Å². The third-order valence-electron chi connectivity index (χ3n) is 5.27. The zero-order valence-corrected chi connectivity index (χ0v) is 21.5. The molecule has 0 aliphatic heterocycles. The number of thioether (sulfide) groups is 1. The van der Waals surface area contributed by atoms with Crippen LogP contribution in [0.5, 0.6) is 17.2 Å². The third-order valence-corrected chi connectivity index (χ3v) is 6.24. The summed E-state index contributed by atoms with van der Waals surface area (Å²) in [4.78, 5) is 28.6. The second kappa shape index (κ2) is 12.1. The molecule has 10 heteroatoms.